The minimum Gasteiger partial charge on any atom is -0.361 e. The maximum absolute atomic E-state index is 13.9. The van der Waals surface area contributed by atoms with Crippen LogP contribution in [0.3, 0.4) is 0 Å². The summed E-state index contributed by atoms with van der Waals surface area (Å²) in [6, 6.07) is 6.54. The van der Waals surface area contributed by atoms with E-state index in [0.29, 0.717) is 22.7 Å². The monoisotopic (exact) mass is 506 g/mol. The van der Waals surface area contributed by atoms with Crippen molar-refractivity contribution in [2.45, 2.75) is 32.6 Å². The van der Waals surface area contributed by atoms with E-state index in [2.05, 4.69) is 25.4 Å². The highest BCUT2D eigenvalue weighted by atomic mass is 19.1. The molecule has 1 fully saturated rings. The van der Waals surface area contributed by atoms with E-state index in [4.69, 9.17) is 4.52 Å². The number of fused-ring (bicyclic) bond motifs is 1. The number of halogens is 1. The molecule has 37 heavy (non-hydrogen) atoms. The van der Waals surface area contributed by atoms with Gasteiger partial charge in [-0.1, -0.05) is 11.2 Å². The lowest BCUT2D eigenvalue weighted by molar-refractivity contribution is -0.138. The summed E-state index contributed by atoms with van der Waals surface area (Å²) in [7, 11) is 1.55. The summed E-state index contributed by atoms with van der Waals surface area (Å²) in [4.78, 5) is 55.5. The van der Waals surface area contributed by atoms with Crippen LogP contribution in [0.15, 0.2) is 46.0 Å². The van der Waals surface area contributed by atoms with Gasteiger partial charge in [0.1, 0.15) is 23.1 Å². The molecule has 1 N–H and O–H groups in total. The number of carbonyl (C=O) groups excluding carboxylic acids is 3. The number of hydrogen-bond acceptors (Lipinski definition) is 9. The number of imide groups is 1. The third-order valence-corrected chi connectivity index (χ3v) is 6.12. The highest BCUT2D eigenvalue weighted by Crippen LogP contribution is 2.27. The van der Waals surface area contributed by atoms with Gasteiger partial charge in [-0.25, -0.2) is 19.2 Å². The summed E-state index contributed by atoms with van der Waals surface area (Å²) in [6.45, 7) is 3.01. The van der Waals surface area contributed by atoms with Crippen LogP contribution in [0.25, 0.3) is 11.3 Å². The van der Waals surface area contributed by atoms with Gasteiger partial charge in [0.15, 0.2) is 12.2 Å². The SMILES string of the molecule is Cc1cc(CN2C(=O)C3C(N=CN3CC(=O)Nc3cccc(-c4cnc(C)c(F)c4)n3)N(C)C2=O)no1. The van der Waals surface area contributed by atoms with Crippen LogP contribution >= 0.6 is 0 Å². The molecular formula is C24H23FN8O4. The van der Waals surface area contributed by atoms with Crippen LogP contribution in [-0.2, 0) is 16.1 Å². The number of likely N-dealkylation sites (N-methyl/N-ethyl adjacent to an activating group) is 1. The average Bonchev–Trinajstić information content (AvgIpc) is 3.48. The van der Waals surface area contributed by atoms with Crippen LogP contribution in [0.5, 0.6) is 0 Å². The molecule has 2 aliphatic rings. The van der Waals surface area contributed by atoms with Crippen LogP contribution < -0.4 is 5.32 Å². The number of hydrogen-bond donors (Lipinski definition) is 1. The van der Waals surface area contributed by atoms with Crippen LogP contribution in [0.1, 0.15) is 17.1 Å². The molecule has 0 aliphatic carbocycles. The summed E-state index contributed by atoms with van der Waals surface area (Å²) in [5.41, 5.74) is 1.62. The summed E-state index contributed by atoms with van der Waals surface area (Å²) in [6.07, 6.45) is 2.14. The third kappa shape index (κ3) is 4.62. The van der Waals surface area contributed by atoms with E-state index < -0.39 is 35.9 Å². The molecule has 13 heteroatoms. The van der Waals surface area contributed by atoms with E-state index in [-0.39, 0.29) is 24.6 Å². The quantitative estimate of drug-likeness (QED) is 0.536. The minimum atomic E-state index is -0.873. The molecule has 0 bridgehead atoms. The fourth-order valence-electron chi connectivity index (χ4n) is 4.22. The Hall–Kier alpha value is -4.68. The van der Waals surface area contributed by atoms with Gasteiger partial charge in [-0.15, -0.1) is 0 Å². The Labute approximate surface area is 210 Å². The highest BCUT2D eigenvalue weighted by Gasteiger charge is 2.50. The Morgan fingerprint density at radius 2 is 2.03 bits per heavy atom. The molecule has 3 aromatic heterocycles. The number of rotatable bonds is 6. The second-order valence-electron chi connectivity index (χ2n) is 8.79. The second kappa shape index (κ2) is 9.41. The number of amides is 4. The zero-order valence-corrected chi connectivity index (χ0v) is 20.3. The Morgan fingerprint density at radius 3 is 2.76 bits per heavy atom. The Bertz CT molecular complexity index is 1420. The molecule has 2 aliphatic heterocycles. The van der Waals surface area contributed by atoms with Crippen molar-refractivity contribution in [3.05, 3.63) is 59.5 Å². The van der Waals surface area contributed by atoms with Crippen molar-refractivity contribution in [3.8, 4) is 11.3 Å². The maximum Gasteiger partial charge on any atom is 0.328 e. The lowest BCUT2D eigenvalue weighted by atomic mass is 10.1. The first-order valence-corrected chi connectivity index (χ1v) is 11.4. The number of aromatic nitrogens is 3. The number of anilines is 1. The van der Waals surface area contributed by atoms with Gasteiger partial charge in [0.25, 0.3) is 5.91 Å². The minimum absolute atomic E-state index is 0.0617. The zero-order valence-electron chi connectivity index (χ0n) is 20.3. The smallest absolute Gasteiger partial charge is 0.328 e. The molecule has 12 nitrogen and oxygen atoms in total. The predicted octanol–water partition coefficient (Wildman–Crippen LogP) is 1.96. The van der Waals surface area contributed by atoms with Crippen LogP contribution in [0, 0.1) is 19.7 Å². The second-order valence-corrected chi connectivity index (χ2v) is 8.79. The standard InChI is InChI=1S/C24H23FN8O4/c1-13-7-16(30-37-13)10-33-23(35)21-22(31(3)24(33)36)27-12-32(21)11-20(34)29-19-6-4-5-18(28-19)15-8-17(25)14(2)26-9-15/h4-9,12,21-22H,10-11H2,1-3H3,(H,28,29,34). The predicted molar refractivity (Wildman–Crippen MR) is 129 cm³/mol. The molecule has 2 atom stereocenters. The van der Waals surface area contributed by atoms with E-state index in [1.54, 1.807) is 45.2 Å². The van der Waals surface area contributed by atoms with Crippen molar-refractivity contribution >= 4 is 30.0 Å². The molecule has 0 radical (unpaired) electrons. The van der Waals surface area contributed by atoms with Gasteiger partial charge in [-0.2, -0.15) is 0 Å². The van der Waals surface area contributed by atoms with Crippen LogP contribution in [0.4, 0.5) is 15.0 Å². The highest BCUT2D eigenvalue weighted by molar-refractivity contribution is 6.03. The van der Waals surface area contributed by atoms with E-state index in [9.17, 15) is 18.8 Å². The molecule has 4 amide bonds. The van der Waals surface area contributed by atoms with Gasteiger partial charge in [-0.3, -0.25) is 19.5 Å². The maximum atomic E-state index is 13.9. The van der Waals surface area contributed by atoms with Crippen molar-refractivity contribution in [1.29, 1.82) is 0 Å². The van der Waals surface area contributed by atoms with E-state index in [1.807, 2.05) is 0 Å². The molecular weight excluding hydrogens is 483 g/mol. The largest absolute Gasteiger partial charge is 0.361 e. The molecule has 1 saturated heterocycles. The molecule has 0 saturated carbocycles. The van der Waals surface area contributed by atoms with Gasteiger partial charge in [0.2, 0.25) is 5.91 Å². The summed E-state index contributed by atoms with van der Waals surface area (Å²) in [5, 5.41) is 6.56. The summed E-state index contributed by atoms with van der Waals surface area (Å²) < 4.78 is 19.0. The number of urea groups is 1. The lowest BCUT2D eigenvalue weighted by Gasteiger charge is -2.40. The number of nitrogens with zero attached hydrogens (tertiary/aromatic N) is 7. The average molecular weight is 506 g/mol. The number of carbonyl (C=O) groups is 3. The van der Waals surface area contributed by atoms with E-state index >= 15 is 0 Å². The Morgan fingerprint density at radius 1 is 1.22 bits per heavy atom. The van der Waals surface area contributed by atoms with Gasteiger partial charge >= 0.3 is 6.03 Å². The van der Waals surface area contributed by atoms with Crippen molar-refractivity contribution < 1.29 is 23.3 Å². The summed E-state index contributed by atoms with van der Waals surface area (Å²) in [5.74, 6) is -0.586. The van der Waals surface area contributed by atoms with Crippen LogP contribution in [0.2, 0.25) is 0 Å². The fraction of sp³-hybridized carbons (Fsp3) is 0.292. The number of nitrogens with one attached hydrogen (secondary N) is 1. The molecule has 3 aromatic rings. The normalized spacial score (nSPS) is 19.0. The molecule has 0 spiro atoms. The molecule has 5 heterocycles. The Balaban J connectivity index is 1.28. The molecule has 2 unspecified atom stereocenters. The number of pyridine rings is 2. The zero-order chi connectivity index (χ0) is 26.3. The third-order valence-electron chi connectivity index (χ3n) is 6.12. The first-order valence-electron chi connectivity index (χ1n) is 11.4. The van der Waals surface area contributed by atoms with Crippen molar-refractivity contribution in [1.82, 2.24) is 29.8 Å². The van der Waals surface area contributed by atoms with Gasteiger partial charge < -0.3 is 19.6 Å². The first-order chi connectivity index (χ1) is 17.7. The topological polar surface area (TPSA) is 137 Å². The molecule has 190 valence electrons. The van der Waals surface area contributed by atoms with Crippen molar-refractivity contribution in [2.24, 2.45) is 4.99 Å². The summed E-state index contributed by atoms with van der Waals surface area (Å²) >= 11 is 0. The Kier molecular flexibility index (Phi) is 6.11. The van der Waals surface area contributed by atoms with Gasteiger partial charge in [-0.05, 0) is 32.0 Å². The van der Waals surface area contributed by atoms with Crippen molar-refractivity contribution in [2.75, 3.05) is 18.9 Å². The van der Waals surface area contributed by atoms with Gasteiger partial charge in [0.05, 0.1) is 30.8 Å². The van der Waals surface area contributed by atoms with Crippen molar-refractivity contribution in [3.63, 3.8) is 0 Å². The van der Waals surface area contributed by atoms with E-state index in [1.165, 1.54) is 28.4 Å². The fourth-order valence-corrected chi connectivity index (χ4v) is 4.22. The molecule has 0 aromatic carbocycles. The number of aryl methyl sites for hydroxylation is 2. The van der Waals surface area contributed by atoms with Crippen LogP contribution in [-0.4, -0.2) is 79.8 Å². The lowest BCUT2D eigenvalue weighted by Crippen LogP contribution is -2.64. The first kappa shape index (κ1) is 24.0. The number of aliphatic imine (C=N–C) groups is 1. The molecule has 5 rings (SSSR count). The van der Waals surface area contributed by atoms with Gasteiger partial charge in [0, 0.05) is 24.9 Å². The van der Waals surface area contributed by atoms with E-state index in [0.717, 1.165) is 4.90 Å².